The molecule has 1 aromatic rings. The van der Waals surface area contributed by atoms with Crippen molar-refractivity contribution in [2.75, 3.05) is 26.2 Å². The predicted molar refractivity (Wildman–Crippen MR) is 72.6 cm³/mol. The van der Waals surface area contributed by atoms with E-state index in [0.29, 0.717) is 18.2 Å². The lowest BCUT2D eigenvalue weighted by atomic mass is 10.2. The van der Waals surface area contributed by atoms with Crippen LogP contribution in [0.25, 0.3) is 0 Å². The Hall–Kier alpha value is -0.770. The van der Waals surface area contributed by atoms with Gasteiger partial charge in [-0.2, -0.15) is 0 Å². The van der Waals surface area contributed by atoms with E-state index in [1.807, 2.05) is 18.2 Å². The first kappa shape index (κ1) is 14.3. The summed E-state index contributed by atoms with van der Waals surface area (Å²) >= 11 is 6.10. The highest BCUT2D eigenvalue weighted by Crippen LogP contribution is 2.25. The van der Waals surface area contributed by atoms with Crippen molar-refractivity contribution in [2.45, 2.75) is 20.4 Å². The molecule has 0 radical (unpaired) electrons. The highest BCUT2D eigenvalue weighted by Gasteiger charge is 2.04. The number of nitrogens with two attached hydrogens (primary N) is 1. The predicted octanol–water partition coefficient (Wildman–Crippen LogP) is 2.52. The molecule has 1 rings (SSSR count). The number of hydrogen-bond donors (Lipinski definition) is 1. The smallest absolute Gasteiger partial charge is 0.137 e. The summed E-state index contributed by atoms with van der Waals surface area (Å²) in [4.78, 5) is 2.31. The minimum absolute atomic E-state index is 0.499. The number of ether oxygens (including phenoxy) is 1. The number of likely N-dealkylation sites (N-methyl/N-ethyl adjacent to an activating group) is 1. The molecule has 0 unspecified atom stereocenters. The van der Waals surface area contributed by atoms with Gasteiger partial charge in [-0.15, -0.1) is 0 Å². The molecule has 0 bridgehead atoms. The second-order valence-corrected chi connectivity index (χ2v) is 4.25. The van der Waals surface area contributed by atoms with Gasteiger partial charge in [-0.05, 0) is 30.8 Å². The molecule has 0 spiro atoms. The molecule has 96 valence electrons. The fourth-order valence-corrected chi connectivity index (χ4v) is 1.87. The largest absolute Gasteiger partial charge is 0.491 e. The van der Waals surface area contributed by atoms with Crippen molar-refractivity contribution in [1.82, 2.24) is 4.90 Å². The second-order valence-electron chi connectivity index (χ2n) is 3.84. The maximum Gasteiger partial charge on any atom is 0.137 e. The molecule has 0 aliphatic rings. The van der Waals surface area contributed by atoms with Crippen molar-refractivity contribution in [3.63, 3.8) is 0 Å². The van der Waals surface area contributed by atoms with E-state index in [1.54, 1.807) is 0 Å². The Morgan fingerprint density at radius 3 is 2.53 bits per heavy atom. The standard InChI is InChI=1S/C13H21ClN2O/c1-3-16(4-2)7-8-17-13-6-5-11(10-15)9-12(13)14/h5-6,9H,3-4,7-8,10,15H2,1-2H3. The van der Waals surface area contributed by atoms with Crippen molar-refractivity contribution in [3.05, 3.63) is 28.8 Å². The molecule has 0 fully saturated rings. The van der Waals surface area contributed by atoms with Crippen LogP contribution in [0.5, 0.6) is 5.75 Å². The maximum atomic E-state index is 6.10. The number of halogens is 1. The molecule has 1 aromatic carbocycles. The minimum atomic E-state index is 0.499. The van der Waals surface area contributed by atoms with Crippen LogP contribution in [0.3, 0.4) is 0 Å². The van der Waals surface area contributed by atoms with Crippen molar-refractivity contribution < 1.29 is 4.74 Å². The number of benzene rings is 1. The van der Waals surface area contributed by atoms with E-state index in [2.05, 4.69) is 18.7 Å². The Balaban J connectivity index is 2.46. The summed E-state index contributed by atoms with van der Waals surface area (Å²) < 4.78 is 5.66. The lowest BCUT2D eigenvalue weighted by Crippen LogP contribution is -2.27. The number of nitrogens with zero attached hydrogens (tertiary/aromatic N) is 1. The van der Waals surface area contributed by atoms with Crippen LogP contribution in [0, 0.1) is 0 Å². The normalized spacial score (nSPS) is 10.9. The van der Waals surface area contributed by atoms with Gasteiger partial charge in [0.15, 0.2) is 0 Å². The topological polar surface area (TPSA) is 38.5 Å². The summed E-state index contributed by atoms with van der Waals surface area (Å²) in [5.74, 6) is 0.732. The van der Waals surface area contributed by atoms with Gasteiger partial charge in [0.25, 0.3) is 0 Å². The molecular weight excluding hydrogens is 236 g/mol. The summed E-state index contributed by atoms with van der Waals surface area (Å²) in [5, 5.41) is 0.632. The van der Waals surface area contributed by atoms with Gasteiger partial charge in [0.05, 0.1) is 5.02 Å². The van der Waals surface area contributed by atoms with Crippen LogP contribution in [0.2, 0.25) is 5.02 Å². The zero-order valence-electron chi connectivity index (χ0n) is 10.6. The summed E-state index contributed by atoms with van der Waals surface area (Å²) in [7, 11) is 0. The van der Waals surface area contributed by atoms with Crippen molar-refractivity contribution in [2.24, 2.45) is 5.73 Å². The maximum absolute atomic E-state index is 6.10. The molecule has 0 atom stereocenters. The Morgan fingerprint density at radius 1 is 1.29 bits per heavy atom. The van der Waals surface area contributed by atoms with Gasteiger partial charge in [0, 0.05) is 13.1 Å². The zero-order chi connectivity index (χ0) is 12.7. The molecule has 0 amide bonds. The van der Waals surface area contributed by atoms with E-state index in [4.69, 9.17) is 22.1 Å². The Bertz CT molecular complexity index is 340. The van der Waals surface area contributed by atoms with Crippen molar-refractivity contribution >= 4 is 11.6 Å². The van der Waals surface area contributed by atoms with Gasteiger partial charge in [0.2, 0.25) is 0 Å². The highest BCUT2D eigenvalue weighted by atomic mass is 35.5. The minimum Gasteiger partial charge on any atom is -0.491 e. The lowest BCUT2D eigenvalue weighted by molar-refractivity contribution is 0.223. The first-order chi connectivity index (χ1) is 8.21. The second kappa shape index (κ2) is 7.54. The molecule has 0 aliphatic heterocycles. The quantitative estimate of drug-likeness (QED) is 0.815. The van der Waals surface area contributed by atoms with Gasteiger partial charge in [-0.3, -0.25) is 0 Å². The first-order valence-corrected chi connectivity index (χ1v) is 6.42. The monoisotopic (exact) mass is 256 g/mol. The zero-order valence-corrected chi connectivity index (χ0v) is 11.3. The fourth-order valence-electron chi connectivity index (χ4n) is 1.61. The highest BCUT2D eigenvalue weighted by molar-refractivity contribution is 6.32. The third-order valence-electron chi connectivity index (χ3n) is 2.79. The van der Waals surface area contributed by atoms with E-state index in [0.717, 1.165) is 30.9 Å². The summed E-state index contributed by atoms with van der Waals surface area (Å²) in [5.41, 5.74) is 6.56. The van der Waals surface area contributed by atoms with E-state index < -0.39 is 0 Å². The molecule has 0 saturated carbocycles. The van der Waals surface area contributed by atoms with Crippen LogP contribution < -0.4 is 10.5 Å². The van der Waals surface area contributed by atoms with Gasteiger partial charge in [-0.1, -0.05) is 31.5 Å². The molecule has 2 N–H and O–H groups in total. The van der Waals surface area contributed by atoms with Crippen LogP contribution in [0.4, 0.5) is 0 Å². The first-order valence-electron chi connectivity index (χ1n) is 6.04. The van der Waals surface area contributed by atoms with E-state index in [9.17, 15) is 0 Å². The number of rotatable bonds is 7. The third kappa shape index (κ3) is 4.54. The molecule has 4 heteroatoms. The van der Waals surface area contributed by atoms with E-state index in [-0.39, 0.29) is 0 Å². The van der Waals surface area contributed by atoms with Gasteiger partial charge in [0.1, 0.15) is 12.4 Å². The summed E-state index contributed by atoms with van der Waals surface area (Å²) in [6, 6.07) is 5.68. The van der Waals surface area contributed by atoms with Gasteiger partial charge >= 0.3 is 0 Å². The molecule has 0 aliphatic carbocycles. The van der Waals surface area contributed by atoms with Crippen LogP contribution >= 0.6 is 11.6 Å². The van der Waals surface area contributed by atoms with Crippen LogP contribution in [-0.2, 0) is 6.54 Å². The Kier molecular flexibility index (Phi) is 6.34. The molecular formula is C13H21ClN2O. The third-order valence-corrected chi connectivity index (χ3v) is 3.09. The average Bonchev–Trinajstić information content (AvgIpc) is 2.36. The molecule has 0 aromatic heterocycles. The van der Waals surface area contributed by atoms with Crippen LogP contribution in [-0.4, -0.2) is 31.1 Å². The Labute approximate surface area is 109 Å². The Morgan fingerprint density at radius 2 is 2.00 bits per heavy atom. The van der Waals surface area contributed by atoms with Crippen LogP contribution in [0.15, 0.2) is 18.2 Å². The van der Waals surface area contributed by atoms with Crippen molar-refractivity contribution in [3.8, 4) is 5.75 Å². The molecule has 17 heavy (non-hydrogen) atoms. The summed E-state index contributed by atoms with van der Waals surface area (Å²) in [6.07, 6.45) is 0. The van der Waals surface area contributed by atoms with Crippen LogP contribution in [0.1, 0.15) is 19.4 Å². The fraction of sp³-hybridized carbons (Fsp3) is 0.538. The van der Waals surface area contributed by atoms with Gasteiger partial charge in [-0.25, -0.2) is 0 Å². The van der Waals surface area contributed by atoms with Crippen molar-refractivity contribution in [1.29, 1.82) is 0 Å². The number of hydrogen-bond acceptors (Lipinski definition) is 3. The SMILES string of the molecule is CCN(CC)CCOc1ccc(CN)cc1Cl. The average molecular weight is 257 g/mol. The van der Waals surface area contributed by atoms with Gasteiger partial charge < -0.3 is 15.4 Å². The summed E-state index contributed by atoms with van der Waals surface area (Å²) in [6.45, 7) is 8.45. The molecule has 0 heterocycles. The molecule has 0 saturated heterocycles. The lowest BCUT2D eigenvalue weighted by Gasteiger charge is -2.18. The molecule has 3 nitrogen and oxygen atoms in total. The van der Waals surface area contributed by atoms with E-state index >= 15 is 0 Å². The van der Waals surface area contributed by atoms with E-state index in [1.165, 1.54) is 0 Å².